The van der Waals surface area contributed by atoms with Crippen molar-refractivity contribution in [3.63, 3.8) is 0 Å². The van der Waals surface area contributed by atoms with Crippen molar-refractivity contribution in [3.8, 4) is 11.6 Å². The van der Waals surface area contributed by atoms with Crippen LogP contribution in [0.1, 0.15) is 27.3 Å². The second kappa shape index (κ2) is 9.05. The summed E-state index contributed by atoms with van der Waals surface area (Å²) in [7, 11) is 3.15. The number of rotatable bonds is 8. The summed E-state index contributed by atoms with van der Waals surface area (Å²) in [6.45, 7) is 2.48. The number of aromatic nitrogens is 2. The standard InChI is InChI=1S/C22H23N3O4/c1-15-19(14-26)20(23-12-16-7-9-18(28-2)10-8-16)11-22(27)25(15)13-17-5-4-6-21(24-17)29-3/h4-11,14,23H,12-13H2,1-3H3. The predicted octanol–water partition coefficient (Wildman–Crippen LogP) is 3.04. The molecule has 0 spiro atoms. The summed E-state index contributed by atoms with van der Waals surface area (Å²) < 4.78 is 11.8. The molecule has 0 radical (unpaired) electrons. The third-order valence-corrected chi connectivity index (χ3v) is 4.69. The highest BCUT2D eigenvalue weighted by atomic mass is 16.5. The van der Waals surface area contributed by atoms with Crippen LogP contribution in [0.2, 0.25) is 0 Å². The lowest BCUT2D eigenvalue weighted by atomic mass is 10.1. The van der Waals surface area contributed by atoms with E-state index in [1.165, 1.54) is 17.7 Å². The molecular weight excluding hydrogens is 370 g/mol. The normalized spacial score (nSPS) is 10.4. The Hall–Kier alpha value is -3.61. The first-order chi connectivity index (χ1) is 14.0. The first-order valence-corrected chi connectivity index (χ1v) is 9.12. The number of aldehydes is 1. The molecule has 0 aliphatic rings. The summed E-state index contributed by atoms with van der Waals surface area (Å²) in [5.41, 5.74) is 2.99. The summed E-state index contributed by atoms with van der Waals surface area (Å²) in [5.74, 6) is 1.24. The quantitative estimate of drug-likeness (QED) is 0.593. The molecule has 0 aliphatic carbocycles. The van der Waals surface area contributed by atoms with Crippen LogP contribution in [0.4, 0.5) is 5.69 Å². The molecule has 29 heavy (non-hydrogen) atoms. The number of hydrogen-bond acceptors (Lipinski definition) is 6. The number of benzene rings is 1. The predicted molar refractivity (Wildman–Crippen MR) is 111 cm³/mol. The molecule has 0 amide bonds. The van der Waals surface area contributed by atoms with Crippen LogP contribution in [0, 0.1) is 6.92 Å². The average Bonchev–Trinajstić information content (AvgIpc) is 2.75. The fourth-order valence-corrected chi connectivity index (χ4v) is 3.04. The zero-order chi connectivity index (χ0) is 20.8. The Balaban J connectivity index is 1.85. The van der Waals surface area contributed by atoms with Gasteiger partial charge in [-0.15, -0.1) is 0 Å². The number of carbonyl (C=O) groups excluding carboxylic acids is 1. The molecule has 7 heteroatoms. The Morgan fingerprint density at radius 2 is 1.86 bits per heavy atom. The molecule has 0 saturated carbocycles. The number of pyridine rings is 2. The van der Waals surface area contributed by atoms with E-state index in [1.807, 2.05) is 36.4 Å². The molecule has 0 saturated heterocycles. The summed E-state index contributed by atoms with van der Waals surface area (Å²) in [6.07, 6.45) is 0.765. The summed E-state index contributed by atoms with van der Waals surface area (Å²) in [5, 5.41) is 3.19. The van der Waals surface area contributed by atoms with Gasteiger partial charge in [0, 0.05) is 24.4 Å². The Labute approximate surface area is 168 Å². The van der Waals surface area contributed by atoms with Crippen LogP contribution >= 0.6 is 0 Å². The topological polar surface area (TPSA) is 82.4 Å². The van der Waals surface area contributed by atoms with E-state index in [-0.39, 0.29) is 12.1 Å². The van der Waals surface area contributed by atoms with E-state index in [4.69, 9.17) is 9.47 Å². The van der Waals surface area contributed by atoms with Gasteiger partial charge in [0.05, 0.1) is 37.7 Å². The molecule has 3 aromatic rings. The second-order valence-corrected chi connectivity index (χ2v) is 6.47. The summed E-state index contributed by atoms with van der Waals surface area (Å²) in [4.78, 5) is 28.8. The highest BCUT2D eigenvalue weighted by Crippen LogP contribution is 2.19. The number of carbonyl (C=O) groups is 1. The van der Waals surface area contributed by atoms with Crippen LogP contribution in [0.5, 0.6) is 11.6 Å². The Bertz CT molecular complexity index is 1060. The minimum atomic E-state index is -0.213. The van der Waals surface area contributed by atoms with Crippen molar-refractivity contribution in [1.82, 2.24) is 9.55 Å². The smallest absolute Gasteiger partial charge is 0.253 e. The Kier molecular flexibility index (Phi) is 6.29. The molecule has 0 unspecified atom stereocenters. The van der Waals surface area contributed by atoms with Crippen molar-refractivity contribution in [1.29, 1.82) is 0 Å². The van der Waals surface area contributed by atoms with Gasteiger partial charge in [0.1, 0.15) is 5.75 Å². The van der Waals surface area contributed by atoms with E-state index in [9.17, 15) is 9.59 Å². The molecule has 1 N–H and O–H groups in total. The molecule has 2 aromatic heterocycles. The van der Waals surface area contributed by atoms with Gasteiger partial charge in [-0.1, -0.05) is 18.2 Å². The van der Waals surface area contributed by atoms with E-state index >= 15 is 0 Å². The number of methoxy groups -OCH3 is 2. The number of anilines is 1. The van der Waals surface area contributed by atoms with Crippen molar-refractivity contribution in [3.05, 3.63) is 81.4 Å². The van der Waals surface area contributed by atoms with Crippen molar-refractivity contribution in [2.45, 2.75) is 20.0 Å². The fraction of sp³-hybridized carbons (Fsp3) is 0.227. The van der Waals surface area contributed by atoms with Gasteiger partial charge in [-0.2, -0.15) is 0 Å². The molecule has 0 atom stereocenters. The molecule has 0 bridgehead atoms. The monoisotopic (exact) mass is 393 g/mol. The molecule has 2 heterocycles. The van der Waals surface area contributed by atoms with Crippen molar-refractivity contribution in [2.75, 3.05) is 19.5 Å². The highest BCUT2D eigenvalue weighted by molar-refractivity contribution is 5.85. The lowest BCUT2D eigenvalue weighted by Crippen LogP contribution is -2.25. The largest absolute Gasteiger partial charge is 0.497 e. The first kappa shape index (κ1) is 20.1. The van der Waals surface area contributed by atoms with Crippen LogP contribution in [-0.2, 0) is 13.1 Å². The Morgan fingerprint density at radius 1 is 1.10 bits per heavy atom. The molecule has 0 aliphatic heterocycles. The number of nitrogens with zero attached hydrogens (tertiary/aromatic N) is 2. The molecule has 0 fully saturated rings. The van der Waals surface area contributed by atoms with E-state index < -0.39 is 0 Å². The van der Waals surface area contributed by atoms with Crippen LogP contribution in [-0.4, -0.2) is 30.1 Å². The van der Waals surface area contributed by atoms with Crippen LogP contribution < -0.4 is 20.3 Å². The maximum absolute atomic E-state index is 12.7. The van der Waals surface area contributed by atoms with Gasteiger partial charge in [-0.3, -0.25) is 9.59 Å². The Morgan fingerprint density at radius 3 is 2.52 bits per heavy atom. The zero-order valence-corrected chi connectivity index (χ0v) is 16.6. The van der Waals surface area contributed by atoms with Crippen molar-refractivity contribution in [2.24, 2.45) is 0 Å². The zero-order valence-electron chi connectivity index (χ0n) is 16.6. The molecule has 1 aromatic carbocycles. The minimum Gasteiger partial charge on any atom is -0.497 e. The number of ether oxygens (including phenoxy) is 2. The van der Waals surface area contributed by atoms with Crippen LogP contribution in [0.15, 0.2) is 53.3 Å². The lowest BCUT2D eigenvalue weighted by Gasteiger charge is -2.16. The van der Waals surface area contributed by atoms with Gasteiger partial charge in [-0.05, 0) is 30.7 Å². The molecular formula is C22H23N3O4. The second-order valence-electron chi connectivity index (χ2n) is 6.47. The molecule has 7 nitrogen and oxygen atoms in total. The van der Waals surface area contributed by atoms with Gasteiger partial charge >= 0.3 is 0 Å². The highest BCUT2D eigenvalue weighted by Gasteiger charge is 2.13. The average molecular weight is 393 g/mol. The van der Waals surface area contributed by atoms with Gasteiger partial charge in [0.2, 0.25) is 5.88 Å². The molecule has 150 valence electrons. The van der Waals surface area contributed by atoms with E-state index in [0.717, 1.165) is 17.6 Å². The minimum absolute atomic E-state index is 0.213. The maximum atomic E-state index is 12.7. The number of hydrogen-bond donors (Lipinski definition) is 1. The van der Waals surface area contributed by atoms with Crippen molar-refractivity contribution >= 4 is 12.0 Å². The number of nitrogens with one attached hydrogen (secondary N) is 1. The summed E-state index contributed by atoms with van der Waals surface area (Å²) in [6, 6.07) is 14.4. The SMILES string of the molecule is COc1ccc(CNc2cc(=O)n(Cc3cccc(OC)n3)c(C)c2C=O)cc1. The van der Waals surface area contributed by atoms with Gasteiger partial charge in [0.25, 0.3) is 5.56 Å². The summed E-state index contributed by atoms with van der Waals surface area (Å²) >= 11 is 0. The van der Waals surface area contributed by atoms with Gasteiger partial charge < -0.3 is 19.4 Å². The van der Waals surface area contributed by atoms with Gasteiger partial charge in [0.15, 0.2) is 6.29 Å². The van der Waals surface area contributed by atoms with Crippen molar-refractivity contribution < 1.29 is 14.3 Å². The first-order valence-electron chi connectivity index (χ1n) is 9.12. The van der Waals surface area contributed by atoms with E-state index in [0.29, 0.717) is 35.1 Å². The lowest BCUT2D eigenvalue weighted by molar-refractivity contribution is 0.112. The fourth-order valence-electron chi connectivity index (χ4n) is 3.04. The maximum Gasteiger partial charge on any atom is 0.253 e. The van der Waals surface area contributed by atoms with Crippen LogP contribution in [0.3, 0.4) is 0 Å². The van der Waals surface area contributed by atoms with E-state index in [1.54, 1.807) is 20.1 Å². The third kappa shape index (κ3) is 4.63. The van der Waals surface area contributed by atoms with E-state index in [2.05, 4.69) is 10.3 Å². The van der Waals surface area contributed by atoms with Crippen LogP contribution in [0.25, 0.3) is 0 Å². The van der Waals surface area contributed by atoms with Gasteiger partial charge in [-0.25, -0.2) is 4.98 Å². The third-order valence-electron chi connectivity index (χ3n) is 4.69. The molecule has 3 rings (SSSR count).